The largest absolute Gasteiger partial charge is 0.393 e. The molecule has 1 aromatic carbocycles. The van der Waals surface area contributed by atoms with E-state index in [9.17, 15) is 14.7 Å². The van der Waals surface area contributed by atoms with Gasteiger partial charge in [0.2, 0.25) is 0 Å². The van der Waals surface area contributed by atoms with Gasteiger partial charge in [0.1, 0.15) is 0 Å². The summed E-state index contributed by atoms with van der Waals surface area (Å²) in [5, 5.41) is 15.4. The molecule has 4 N–H and O–H groups in total. The maximum Gasteiger partial charge on any atom is 0.313 e. The number of aromatic amines is 1. The second-order valence-electron chi connectivity index (χ2n) is 5.63. The van der Waals surface area contributed by atoms with Crippen LogP contribution in [0.15, 0.2) is 30.5 Å². The van der Waals surface area contributed by atoms with Crippen molar-refractivity contribution in [2.24, 2.45) is 5.92 Å². The minimum absolute atomic E-state index is 0.105. The van der Waals surface area contributed by atoms with Gasteiger partial charge in [0, 0.05) is 29.3 Å². The van der Waals surface area contributed by atoms with E-state index in [0.717, 1.165) is 10.9 Å². The highest BCUT2D eigenvalue weighted by Crippen LogP contribution is 2.17. The molecule has 0 spiro atoms. The van der Waals surface area contributed by atoms with Crippen molar-refractivity contribution in [2.75, 3.05) is 11.9 Å². The number of amides is 2. The highest BCUT2D eigenvalue weighted by Gasteiger charge is 2.15. The van der Waals surface area contributed by atoms with Crippen LogP contribution in [-0.2, 0) is 9.59 Å². The Morgan fingerprint density at radius 3 is 2.73 bits per heavy atom. The molecule has 1 heterocycles. The molecule has 1 aromatic heterocycles. The zero-order chi connectivity index (χ0) is 16.1. The minimum Gasteiger partial charge on any atom is -0.393 e. The molecule has 0 aliphatic rings. The zero-order valence-corrected chi connectivity index (χ0v) is 12.7. The first-order valence-corrected chi connectivity index (χ1v) is 7.30. The van der Waals surface area contributed by atoms with E-state index in [4.69, 9.17) is 0 Å². The van der Waals surface area contributed by atoms with Crippen LogP contribution in [0, 0.1) is 5.92 Å². The minimum atomic E-state index is -0.695. The summed E-state index contributed by atoms with van der Waals surface area (Å²) >= 11 is 0. The molecule has 118 valence electrons. The van der Waals surface area contributed by atoms with Crippen molar-refractivity contribution in [1.29, 1.82) is 0 Å². The Bertz CT molecular complexity index is 663. The number of carbonyl (C=O) groups excluding carboxylic acids is 2. The fourth-order valence-electron chi connectivity index (χ4n) is 2.33. The summed E-state index contributed by atoms with van der Waals surface area (Å²) in [7, 11) is 0. The summed E-state index contributed by atoms with van der Waals surface area (Å²) < 4.78 is 0. The van der Waals surface area contributed by atoms with E-state index in [1.807, 2.05) is 25.3 Å². The molecule has 6 heteroatoms. The molecular weight excluding hydrogens is 282 g/mol. The number of H-pyrrole nitrogens is 1. The van der Waals surface area contributed by atoms with Crippen molar-refractivity contribution < 1.29 is 14.7 Å². The van der Waals surface area contributed by atoms with E-state index >= 15 is 0 Å². The fraction of sp³-hybridized carbons (Fsp3) is 0.375. The molecule has 2 rings (SSSR count). The Morgan fingerprint density at radius 1 is 1.23 bits per heavy atom. The maximum absolute atomic E-state index is 11.8. The molecule has 0 saturated heterocycles. The van der Waals surface area contributed by atoms with E-state index in [0.29, 0.717) is 18.7 Å². The summed E-state index contributed by atoms with van der Waals surface area (Å²) in [5.41, 5.74) is 1.54. The molecule has 0 aliphatic heterocycles. The average molecular weight is 303 g/mol. The van der Waals surface area contributed by atoms with E-state index in [-0.39, 0.29) is 5.92 Å². The summed E-state index contributed by atoms with van der Waals surface area (Å²) in [6.45, 7) is 3.96. The topological polar surface area (TPSA) is 94.2 Å². The van der Waals surface area contributed by atoms with Gasteiger partial charge in [-0.15, -0.1) is 0 Å². The highest BCUT2D eigenvalue weighted by atomic mass is 16.3. The lowest BCUT2D eigenvalue weighted by molar-refractivity contribution is -0.136. The van der Waals surface area contributed by atoms with E-state index in [1.54, 1.807) is 19.1 Å². The summed E-state index contributed by atoms with van der Waals surface area (Å²) in [6, 6.07) is 7.27. The molecule has 2 aromatic rings. The number of rotatable bonds is 5. The number of hydrogen-bond donors (Lipinski definition) is 4. The average Bonchev–Trinajstić information content (AvgIpc) is 2.91. The number of anilines is 1. The van der Waals surface area contributed by atoms with Crippen molar-refractivity contribution in [3.8, 4) is 0 Å². The molecule has 0 bridgehead atoms. The molecule has 2 unspecified atom stereocenters. The lowest BCUT2D eigenvalue weighted by Gasteiger charge is -2.14. The maximum atomic E-state index is 11.8. The normalized spacial score (nSPS) is 13.6. The summed E-state index contributed by atoms with van der Waals surface area (Å²) in [5.74, 6) is -1.27. The van der Waals surface area contributed by atoms with Crippen LogP contribution in [-0.4, -0.2) is 34.6 Å². The van der Waals surface area contributed by atoms with E-state index < -0.39 is 17.9 Å². The Kier molecular flexibility index (Phi) is 5.16. The zero-order valence-electron chi connectivity index (χ0n) is 12.7. The molecule has 0 saturated carbocycles. The number of aromatic nitrogens is 1. The van der Waals surface area contributed by atoms with Gasteiger partial charge in [-0.2, -0.15) is 0 Å². The monoisotopic (exact) mass is 303 g/mol. The van der Waals surface area contributed by atoms with Crippen LogP contribution in [0.2, 0.25) is 0 Å². The summed E-state index contributed by atoms with van der Waals surface area (Å²) in [6.07, 6.45) is 1.97. The molecule has 0 aliphatic carbocycles. The first kappa shape index (κ1) is 16.0. The van der Waals surface area contributed by atoms with Gasteiger partial charge >= 0.3 is 11.8 Å². The van der Waals surface area contributed by atoms with Crippen molar-refractivity contribution in [3.63, 3.8) is 0 Å². The van der Waals surface area contributed by atoms with Crippen LogP contribution in [0.25, 0.3) is 10.9 Å². The molecule has 0 radical (unpaired) electrons. The first-order valence-electron chi connectivity index (χ1n) is 7.30. The van der Waals surface area contributed by atoms with Crippen molar-refractivity contribution >= 4 is 28.4 Å². The van der Waals surface area contributed by atoms with Crippen LogP contribution < -0.4 is 10.6 Å². The second-order valence-corrected chi connectivity index (χ2v) is 5.63. The molecule has 6 nitrogen and oxygen atoms in total. The quantitative estimate of drug-likeness (QED) is 0.632. The smallest absolute Gasteiger partial charge is 0.313 e. The number of benzene rings is 1. The third-order valence-electron chi connectivity index (χ3n) is 3.37. The number of aliphatic hydroxyl groups excluding tert-OH is 1. The van der Waals surface area contributed by atoms with E-state index in [2.05, 4.69) is 15.6 Å². The Morgan fingerprint density at radius 2 is 2.00 bits per heavy atom. The van der Waals surface area contributed by atoms with Gasteiger partial charge in [0.15, 0.2) is 0 Å². The van der Waals surface area contributed by atoms with Gasteiger partial charge in [-0.25, -0.2) is 0 Å². The Hall–Kier alpha value is -2.34. The van der Waals surface area contributed by atoms with Crippen molar-refractivity contribution in [2.45, 2.75) is 26.4 Å². The predicted molar refractivity (Wildman–Crippen MR) is 85.4 cm³/mol. The van der Waals surface area contributed by atoms with Crippen LogP contribution in [0.1, 0.15) is 20.3 Å². The molecule has 2 amide bonds. The van der Waals surface area contributed by atoms with Gasteiger partial charge in [-0.05, 0) is 43.5 Å². The van der Waals surface area contributed by atoms with E-state index in [1.165, 1.54) is 0 Å². The number of fused-ring (bicyclic) bond motifs is 1. The van der Waals surface area contributed by atoms with Crippen LogP contribution in [0.3, 0.4) is 0 Å². The molecule has 0 fully saturated rings. The third-order valence-corrected chi connectivity index (χ3v) is 3.37. The van der Waals surface area contributed by atoms with Gasteiger partial charge in [0.25, 0.3) is 0 Å². The molecule has 2 atom stereocenters. The lowest BCUT2D eigenvalue weighted by atomic mass is 10.0. The number of hydrogen-bond acceptors (Lipinski definition) is 3. The number of nitrogens with one attached hydrogen (secondary N) is 3. The Balaban J connectivity index is 1.86. The third kappa shape index (κ3) is 4.33. The predicted octanol–water partition coefficient (Wildman–Crippen LogP) is 1.63. The first-order chi connectivity index (χ1) is 10.5. The van der Waals surface area contributed by atoms with Gasteiger partial charge < -0.3 is 20.7 Å². The van der Waals surface area contributed by atoms with Crippen molar-refractivity contribution in [1.82, 2.24) is 10.3 Å². The van der Waals surface area contributed by atoms with Crippen molar-refractivity contribution in [3.05, 3.63) is 30.5 Å². The van der Waals surface area contributed by atoms with Gasteiger partial charge in [-0.3, -0.25) is 9.59 Å². The fourth-order valence-corrected chi connectivity index (χ4v) is 2.33. The van der Waals surface area contributed by atoms with Gasteiger partial charge in [0.05, 0.1) is 6.10 Å². The van der Waals surface area contributed by atoms with Crippen LogP contribution >= 0.6 is 0 Å². The standard InChI is InChI=1S/C16H21N3O3/c1-10(7-11(2)20)9-18-15(21)16(22)19-13-3-4-14-12(8-13)5-6-17-14/h3-6,8,10-11,17,20H,7,9H2,1-2H3,(H,18,21)(H,19,22). The van der Waals surface area contributed by atoms with Crippen LogP contribution in [0.5, 0.6) is 0 Å². The van der Waals surface area contributed by atoms with Gasteiger partial charge in [-0.1, -0.05) is 6.92 Å². The second kappa shape index (κ2) is 7.09. The highest BCUT2D eigenvalue weighted by molar-refractivity contribution is 6.39. The van der Waals surface area contributed by atoms with Crippen LogP contribution in [0.4, 0.5) is 5.69 Å². The molecule has 22 heavy (non-hydrogen) atoms. The SMILES string of the molecule is CC(O)CC(C)CNC(=O)C(=O)Nc1ccc2[nH]ccc2c1. The Labute approximate surface area is 128 Å². The number of carbonyl (C=O) groups is 2. The lowest BCUT2D eigenvalue weighted by Crippen LogP contribution is -2.38. The summed E-state index contributed by atoms with van der Waals surface area (Å²) in [4.78, 5) is 26.7. The molecular formula is C16H21N3O3. The number of aliphatic hydroxyl groups is 1.